The van der Waals surface area contributed by atoms with E-state index in [0.717, 1.165) is 4.90 Å². The molecule has 9 heteroatoms. The molecule has 2 aromatic carbocycles. The van der Waals surface area contributed by atoms with Crippen LogP contribution in [0.25, 0.3) is 6.08 Å². The Morgan fingerprint density at radius 1 is 1.12 bits per heavy atom. The van der Waals surface area contributed by atoms with E-state index >= 15 is 0 Å². The van der Waals surface area contributed by atoms with E-state index < -0.39 is 23.8 Å². The third-order valence-electron chi connectivity index (χ3n) is 4.48. The van der Waals surface area contributed by atoms with Gasteiger partial charge in [-0.05, 0) is 42.5 Å². The molecule has 0 spiro atoms. The number of rotatable bonds is 6. The highest BCUT2D eigenvalue weighted by Gasteiger charge is 2.37. The number of hydrogen-bond acceptors (Lipinski definition) is 7. The van der Waals surface area contributed by atoms with Crippen molar-refractivity contribution in [3.05, 3.63) is 59.2 Å². The molecule has 1 heterocycles. The summed E-state index contributed by atoms with van der Waals surface area (Å²) in [4.78, 5) is 50.3. The number of imide groups is 2. The number of ether oxygens (including phenoxy) is 3. The van der Waals surface area contributed by atoms with Gasteiger partial charge in [-0.3, -0.25) is 14.9 Å². The molecule has 1 saturated heterocycles. The highest BCUT2D eigenvalue weighted by molar-refractivity contribution is 6.39. The van der Waals surface area contributed by atoms with Crippen molar-refractivity contribution in [1.82, 2.24) is 5.32 Å². The smallest absolute Gasteiger partial charge is 0.337 e. The second-order valence-corrected chi connectivity index (χ2v) is 6.39. The number of carbonyl (C=O) groups excluding carboxylic acids is 4. The van der Waals surface area contributed by atoms with Crippen LogP contribution in [0, 0.1) is 12.3 Å². The van der Waals surface area contributed by atoms with E-state index in [1.165, 1.54) is 44.6 Å². The lowest BCUT2D eigenvalue weighted by Crippen LogP contribution is -2.54. The van der Waals surface area contributed by atoms with Gasteiger partial charge < -0.3 is 14.2 Å². The zero-order chi connectivity index (χ0) is 23.3. The summed E-state index contributed by atoms with van der Waals surface area (Å²) in [5, 5.41) is 2.13. The molecule has 0 radical (unpaired) electrons. The zero-order valence-corrected chi connectivity index (χ0v) is 17.2. The van der Waals surface area contributed by atoms with Gasteiger partial charge in [-0.1, -0.05) is 5.92 Å². The molecular weight excluding hydrogens is 416 g/mol. The second-order valence-electron chi connectivity index (χ2n) is 6.39. The summed E-state index contributed by atoms with van der Waals surface area (Å²) in [5.41, 5.74) is 0.492. The van der Waals surface area contributed by atoms with Crippen LogP contribution >= 0.6 is 0 Å². The molecule has 4 amide bonds. The first-order valence-corrected chi connectivity index (χ1v) is 9.23. The molecule has 2 aromatic rings. The van der Waals surface area contributed by atoms with Crippen LogP contribution in [0.3, 0.4) is 0 Å². The van der Waals surface area contributed by atoms with Gasteiger partial charge in [-0.15, -0.1) is 6.42 Å². The maximum absolute atomic E-state index is 13.1. The van der Waals surface area contributed by atoms with E-state index in [-0.39, 0.29) is 23.4 Å². The first kappa shape index (κ1) is 22.1. The van der Waals surface area contributed by atoms with Crippen molar-refractivity contribution in [3.63, 3.8) is 0 Å². The van der Waals surface area contributed by atoms with Gasteiger partial charge in [0.25, 0.3) is 11.8 Å². The van der Waals surface area contributed by atoms with Gasteiger partial charge >= 0.3 is 12.0 Å². The minimum atomic E-state index is -0.915. The Bertz CT molecular complexity index is 1160. The Labute approximate surface area is 183 Å². The van der Waals surface area contributed by atoms with Crippen LogP contribution < -0.4 is 19.7 Å². The summed E-state index contributed by atoms with van der Waals surface area (Å²) in [6, 6.07) is 9.44. The molecule has 0 aliphatic carbocycles. The number of methoxy groups -OCH3 is 2. The number of nitrogens with one attached hydrogen (secondary N) is 1. The standard InChI is InChI=1S/C23H18N2O7/c1-4-11-32-19-13-17(30-2)10-7-15(19)12-18-20(26)24-23(29)25(21(18)27)16-8-5-14(6-9-16)22(28)31-3/h1,5-10,12-13H,11H2,2-3H3,(H,24,26,29)/b18-12+. The number of esters is 1. The average Bonchev–Trinajstić information content (AvgIpc) is 2.80. The van der Waals surface area contributed by atoms with Gasteiger partial charge in [0.05, 0.1) is 25.5 Å². The van der Waals surface area contributed by atoms with Gasteiger partial charge in [0.1, 0.15) is 23.7 Å². The Morgan fingerprint density at radius 3 is 2.47 bits per heavy atom. The van der Waals surface area contributed by atoms with E-state index in [1.807, 2.05) is 0 Å². The average molecular weight is 434 g/mol. The topological polar surface area (TPSA) is 111 Å². The maximum atomic E-state index is 13.1. The lowest BCUT2D eigenvalue weighted by Gasteiger charge is -2.26. The van der Waals surface area contributed by atoms with Crippen LogP contribution in [0.1, 0.15) is 15.9 Å². The molecule has 9 nitrogen and oxygen atoms in total. The van der Waals surface area contributed by atoms with Crippen molar-refractivity contribution in [2.75, 3.05) is 25.7 Å². The number of anilines is 1. The van der Waals surface area contributed by atoms with Crippen LogP contribution in [0.2, 0.25) is 0 Å². The summed E-state index contributed by atoms with van der Waals surface area (Å²) in [5.74, 6) is 0.844. The van der Waals surface area contributed by atoms with Gasteiger partial charge in [0.2, 0.25) is 0 Å². The molecule has 1 N–H and O–H groups in total. The number of barbiturate groups is 1. The third-order valence-corrected chi connectivity index (χ3v) is 4.48. The first-order valence-electron chi connectivity index (χ1n) is 9.23. The second kappa shape index (κ2) is 9.49. The summed E-state index contributed by atoms with van der Waals surface area (Å²) in [6.45, 7) is -0.0410. The fourth-order valence-electron chi connectivity index (χ4n) is 2.92. The fourth-order valence-corrected chi connectivity index (χ4v) is 2.92. The molecule has 1 fully saturated rings. The number of amides is 4. The lowest BCUT2D eigenvalue weighted by atomic mass is 10.1. The molecule has 0 aromatic heterocycles. The van der Waals surface area contributed by atoms with E-state index in [1.54, 1.807) is 18.2 Å². The van der Waals surface area contributed by atoms with E-state index in [9.17, 15) is 19.2 Å². The summed E-state index contributed by atoms with van der Waals surface area (Å²) in [7, 11) is 2.72. The van der Waals surface area contributed by atoms with Crippen LogP contribution in [0.4, 0.5) is 10.5 Å². The van der Waals surface area contributed by atoms with Crippen molar-refractivity contribution in [2.45, 2.75) is 0 Å². The Morgan fingerprint density at radius 2 is 1.84 bits per heavy atom. The quantitative estimate of drug-likeness (QED) is 0.321. The lowest BCUT2D eigenvalue weighted by molar-refractivity contribution is -0.122. The van der Waals surface area contributed by atoms with Crippen molar-refractivity contribution in [2.24, 2.45) is 0 Å². The van der Waals surface area contributed by atoms with E-state index in [2.05, 4.69) is 16.0 Å². The maximum Gasteiger partial charge on any atom is 0.337 e. The molecule has 0 atom stereocenters. The van der Waals surface area contributed by atoms with Crippen LogP contribution in [0.15, 0.2) is 48.0 Å². The van der Waals surface area contributed by atoms with Crippen LogP contribution in [0.5, 0.6) is 11.5 Å². The largest absolute Gasteiger partial charge is 0.497 e. The van der Waals surface area contributed by atoms with E-state index in [4.69, 9.17) is 15.9 Å². The molecule has 32 heavy (non-hydrogen) atoms. The normalized spacial score (nSPS) is 14.6. The fraction of sp³-hybridized carbons (Fsp3) is 0.130. The molecule has 0 bridgehead atoms. The molecule has 3 rings (SSSR count). The Kier molecular flexibility index (Phi) is 6.56. The van der Waals surface area contributed by atoms with Crippen molar-refractivity contribution in [1.29, 1.82) is 0 Å². The molecule has 1 aliphatic heterocycles. The van der Waals surface area contributed by atoms with Gasteiger partial charge in [0, 0.05) is 11.6 Å². The minimum Gasteiger partial charge on any atom is -0.497 e. The van der Waals surface area contributed by atoms with Crippen molar-refractivity contribution >= 4 is 35.6 Å². The van der Waals surface area contributed by atoms with Crippen molar-refractivity contribution in [3.8, 4) is 23.8 Å². The predicted molar refractivity (Wildman–Crippen MR) is 114 cm³/mol. The zero-order valence-electron chi connectivity index (χ0n) is 17.2. The number of nitrogens with zero attached hydrogens (tertiary/aromatic N) is 1. The van der Waals surface area contributed by atoms with Gasteiger partial charge in [0.15, 0.2) is 0 Å². The minimum absolute atomic E-state index is 0.0410. The summed E-state index contributed by atoms with van der Waals surface area (Å²) in [6.07, 6.45) is 6.55. The number of carbonyl (C=O) groups is 4. The number of benzene rings is 2. The van der Waals surface area contributed by atoms with Crippen molar-refractivity contribution < 1.29 is 33.4 Å². The summed E-state index contributed by atoms with van der Waals surface area (Å²) >= 11 is 0. The van der Waals surface area contributed by atoms with Gasteiger partial charge in [-0.2, -0.15) is 0 Å². The number of urea groups is 1. The van der Waals surface area contributed by atoms with Crippen LogP contribution in [-0.4, -0.2) is 44.6 Å². The molecule has 0 saturated carbocycles. The van der Waals surface area contributed by atoms with Gasteiger partial charge in [-0.25, -0.2) is 14.5 Å². The third kappa shape index (κ3) is 4.44. The highest BCUT2D eigenvalue weighted by Crippen LogP contribution is 2.29. The molecule has 162 valence electrons. The highest BCUT2D eigenvalue weighted by atomic mass is 16.5. The predicted octanol–water partition coefficient (Wildman–Crippen LogP) is 2.16. The molecular formula is C23H18N2O7. The summed E-state index contributed by atoms with van der Waals surface area (Å²) < 4.78 is 15.3. The number of terminal acetylenes is 1. The SMILES string of the molecule is C#CCOc1cc(OC)ccc1/C=C1\C(=O)NC(=O)N(c2ccc(C(=O)OC)cc2)C1=O. The Balaban J connectivity index is 1.99. The molecule has 1 aliphatic rings. The Hall–Kier alpha value is -4.58. The first-order chi connectivity index (χ1) is 15.4. The number of hydrogen-bond donors (Lipinski definition) is 1. The van der Waals surface area contributed by atoms with E-state index in [0.29, 0.717) is 17.1 Å². The monoisotopic (exact) mass is 434 g/mol. The molecule has 0 unspecified atom stereocenters. The van der Waals surface area contributed by atoms with Crippen LogP contribution in [-0.2, 0) is 14.3 Å².